The van der Waals surface area contributed by atoms with Crippen LogP contribution >= 0.6 is 0 Å². The Kier molecular flexibility index (Phi) is 21.1. The molecular weight excluding hydrogens is 975 g/mol. The minimum absolute atomic E-state index is 0.0254. The van der Waals surface area contributed by atoms with Gasteiger partial charge in [0.25, 0.3) is 0 Å². The molecule has 0 radical (unpaired) electrons. The van der Waals surface area contributed by atoms with Crippen LogP contribution in [0.5, 0.6) is 0 Å². The molecule has 0 aliphatic carbocycles. The van der Waals surface area contributed by atoms with Gasteiger partial charge in [-0.05, 0) is 112 Å². The van der Waals surface area contributed by atoms with E-state index in [4.69, 9.17) is 33.2 Å². The van der Waals surface area contributed by atoms with E-state index < -0.39 is 115 Å². The third kappa shape index (κ3) is 14.4. The van der Waals surface area contributed by atoms with Crippen LogP contribution in [0.3, 0.4) is 0 Å². The van der Waals surface area contributed by atoms with Crippen LogP contribution in [0.15, 0.2) is 30.5 Å². The van der Waals surface area contributed by atoms with Crippen molar-refractivity contribution in [3.8, 4) is 0 Å². The quantitative estimate of drug-likeness (QED) is 0.152. The fourth-order valence-electron chi connectivity index (χ4n) is 12.3. The zero-order valence-corrected chi connectivity index (χ0v) is 47.2. The summed E-state index contributed by atoms with van der Waals surface area (Å²) >= 11 is 0. The zero-order chi connectivity index (χ0) is 55.3. The highest BCUT2D eigenvalue weighted by Crippen LogP contribution is 2.41. The first kappa shape index (κ1) is 61.2. The molecule has 1 aromatic heterocycles. The molecule has 428 valence electrons. The number of carbonyl (C=O) groups excluding carboxylic acids is 1. The van der Waals surface area contributed by atoms with E-state index >= 15 is 0 Å². The van der Waals surface area contributed by atoms with E-state index in [-0.39, 0.29) is 37.3 Å². The summed E-state index contributed by atoms with van der Waals surface area (Å²) in [6.45, 7) is 19.2. The molecule has 4 aliphatic rings. The van der Waals surface area contributed by atoms with E-state index in [0.717, 1.165) is 11.3 Å². The number of alkyl halides is 2. The zero-order valence-electron chi connectivity index (χ0n) is 47.2. The minimum atomic E-state index is -1.83. The van der Waals surface area contributed by atoms with Crippen LogP contribution in [0.4, 0.5) is 14.5 Å². The van der Waals surface area contributed by atoms with E-state index in [2.05, 4.69) is 15.2 Å². The lowest BCUT2D eigenvalue weighted by Gasteiger charge is -2.48. The van der Waals surface area contributed by atoms with Crippen molar-refractivity contribution in [3.63, 3.8) is 0 Å². The summed E-state index contributed by atoms with van der Waals surface area (Å²) in [6, 6.07) is 6.27. The van der Waals surface area contributed by atoms with Gasteiger partial charge in [-0.2, -0.15) is 0 Å². The van der Waals surface area contributed by atoms with Gasteiger partial charge in [-0.1, -0.05) is 38.1 Å². The van der Waals surface area contributed by atoms with Crippen LogP contribution in [0, 0.1) is 17.8 Å². The van der Waals surface area contributed by atoms with Gasteiger partial charge in [-0.3, -0.25) is 4.79 Å². The Morgan fingerprint density at radius 1 is 0.947 bits per heavy atom. The minimum Gasteiger partial charge on any atom is -0.459 e. The van der Waals surface area contributed by atoms with Crippen molar-refractivity contribution in [2.45, 2.75) is 217 Å². The first-order valence-electron chi connectivity index (χ1n) is 27.3. The van der Waals surface area contributed by atoms with Gasteiger partial charge in [0.15, 0.2) is 12.6 Å². The molecule has 75 heavy (non-hydrogen) atoms. The SMILES string of the molecule is CC[C@H]1OC(=O)[C@H](C)[C@@H](O[C@H]2C[C@@](C)(OC)[C@@H](O)[C@H](C)O2)[C@H](C)[C@@H](O[C@H]2C[C@@H](N(C)CCc3cn([C@H](CF)[C@H](OC)c4ccc(N5CC[C@H](F)C5)cc4)nn3)C[C@@H](C)O2)[C@](C)(O)C[C@@H](C)CN(C)[C@H](C)[C@@H](O)[C@]1(C)O. The predicted octanol–water partition coefficient (Wildman–Crippen LogP) is 5.58. The lowest BCUT2D eigenvalue weighted by molar-refractivity contribution is -0.308. The Morgan fingerprint density at radius 2 is 1.64 bits per heavy atom. The molecule has 0 amide bonds. The highest BCUT2D eigenvalue weighted by Gasteiger charge is 2.52. The molecule has 0 unspecified atom stereocenters. The number of aliphatic hydroxyl groups excluding tert-OH is 2. The van der Waals surface area contributed by atoms with Gasteiger partial charge in [0.05, 0.1) is 47.2 Å². The Balaban J connectivity index is 1.23. The van der Waals surface area contributed by atoms with Crippen molar-refractivity contribution in [1.29, 1.82) is 0 Å². The largest absolute Gasteiger partial charge is 0.459 e. The number of ether oxygens (including phenoxy) is 7. The number of rotatable bonds is 16. The van der Waals surface area contributed by atoms with Crippen LogP contribution in [0.1, 0.15) is 131 Å². The number of aromatic nitrogens is 3. The van der Waals surface area contributed by atoms with E-state index in [1.165, 1.54) is 18.7 Å². The summed E-state index contributed by atoms with van der Waals surface area (Å²) in [5.74, 6) is -2.59. The number of hydrogen-bond acceptors (Lipinski definition) is 17. The van der Waals surface area contributed by atoms with Crippen molar-refractivity contribution >= 4 is 11.7 Å². The van der Waals surface area contributed by atoms with E-state index in [1.807, 2.05) is 75.9 Å². The number of halogens is 2. The Labute approximate surface area is 444 Å². The van der Waals surface area contributed by atoms with Crippen LogP contribution in [-0.2, 0) is 44.4 Å². The number of methoxy groups -OCH3 is 2. The van der Waals surface area contributed by atoms with E-state index in [0.29, 0.717) is 57.6 Å². The average molecular weight is 1070 g/mol. The predicted molar refractivity (Wildman–Crippen MR) is 278 cm³/mol. The number of nitrogens with zero attached hydrogens (tertiary/aromatic N) is 6. The number of esters is 1. The van der Waals surface area contributed by atoms with Gasteiger partial charge >= 0.3 is 5.97 Å². The third-order valence-corrected chi connectivity index (χ3v) is 17.1. The second-order valence-electron chi connectivity index (χ2n) is 23.3. The Bertz CT molecular complexity index is 2090. The standard InChI is InChI=1S/C55H92F2N6O12/c1-15-44-55(10,68)49(64)36(6)61(12)29-32(2)26-53(8,67)51(34(4)47(35(5)52(66)73-44)74-46-27-54(9,70-14)50(65)37(7)72-46)75-45-25-42(24-33(3)71-45)60(11)22-21-40-31-63(59-58-40)43(28-56)48(69-13)38-16-18-41(19-17-38)62-23-20-39(57)30-62/h16-19,31-37,39,42-51,64-65,67-68H,15,20-30H2,1-14H3/t32-,33-,34+,35-,36-,37+,39+,42+,43-,44-,45+,46+,47+,48-,49-,50+,51-,53-,54-,55-/m1/s1. The maximum atomic E-state index is 14.9. The van der Waals surface area contributed by atoms with Gasteiger partial charge in [-0.25, -0.2) is 13.5 Å². The molecule has 1 aromatic carbocycles. The molecule has 0 saturated carbocycles. The molecule has 0 bridgehead atoms. The molecule has 5 heterocycles. The molecule has 6 rings (SSSR count). The monoisotopic (exact) mass is 1070 g/mol. The van der Waals surface area contributed by atoms with Gasteiger partial charge in [0.1, 0.15) is 48.9 Å². The van der Waals surface area contributed by atoms with Crippen molar-refractivity contribution in [2.75, 3.05) is 66.1 Å². The molecule has 4 saturated heterocycles. The molecule has 20 heteroatoms. The first-order chi connectivity index (χ1) is 35.3. The fourth-order valence-corrected chi connectivity index (χ4v) is 12.3. The number of aliphatic hydroxyl groups is 4. The van der Waals surface area contributed by atoms with Gasteiger partial charge < -0.3 is 68.3 Å². The van der Waals surface area contributed by atoms with Crippen molar-refractivity contribution in [2.24, 2.45) is 17.8 Å². The third-order valence-electron chi connectivity index (χ3n) is 17.1. The van der Waals surface area contributed by atoms with Crippen LogP contribution in [-0.4, -0.2) is 203 Å². The molecule has 4 fully saturated rings. The van der Waals surface area contributed by atoms with Gasteiger partial charge in [0, 0.05) is 89.5 Å². The Hall–Kier alpha value is -2.99. The average Bonchev–Trinajstić information content (AvgIpc) is 4.03. The first-order valence-corrected chi connectivity index (χ1v) is 27.3. The highest BCUT2D eigenvalue weighted by atomic mass is 19.1. The molecule has 4 aliphatic heterocycles. The van der Waals surface area contributed by atoms with Crippen molar-refractivity contribution < 1.29 is 67.2 Å². The molecule has 2 aromatic rings. The molecule has 20 atom stereocenters. The fraction of sp³-hybridized carbons (Fsp3) is 0.836. The number of anilines is 1. The summed E-state index contributed by atoms with van der Waals surface area (Å²) in [5.41, 5.74) is -2.05. The number of likely N-dealkylation sites (N-methyl/N-ethyl adjacent to an activating group) is 2. The van der Waals surface area contributed by atoms with Crippen molar-refractivity contribution in [1.82, 2.24) is 24.8 Å². The second kappa shape index (κ2) is 25.9. The summed E-state index contributed by atoms with van der Waals surface area (Å²) in [5, 5.41) is 56.3. The molecule has 18 nitrogen and oxygen atoms in total. The lowest BCUT2D eigenvalue weighted by atomic mass is 9.77. The topological polar surface area (TPSA) is 203 Å². The lowest BCUT2D eigenvalue weighted by Crippen LogP contribution is -2.59. The summed E-state index contributed by atoms with van der Waals surface area (Å²) < 4.78 is 74.9. The molecule has 4 N–H and O–H groups in total. The smallest absolute Gasteiger partial charge is 0.311 e. The highest BCUT2D eigenvalue weighted by molar-refractivity contribution is 5.73. The number of carbonyl (C=O) groups is 1. The van der Waals surface area contributed by atoms with Crippen LogP contribution in [0.2, 0.25) is 0 Å². The summed E-state index contributed by atoms with van der Waals surface area (Å²) in [7, 11) is 6.94. The van der Waals surface area contributed by atoms with Crippen molar-refractivity contribution in [3.05, 3.63) is 41.7 Å². The van der Waals surface area contributed by atoms with Crippen LogP contribution in [0.25, 0.3) is 0 Å². The normalized spacial score (nSPS) is 40.0. The number of cyclic esters (lactones) is 1. The molecular formula is C55H92F2N6O12. The summed E-state index contributed by atoms with van der Waals surface area (Å²) in [4.78, 5) is 20.7. The van der Waals surface area contributed by atoms with Gasteiger partial charge in [0.2, 0.25) is 0 Å². The number of benzene rings is 1. The molecule has 0 spiro atoms. The van der Waals surface area contributed by atoms with Crippen LogP contribution < -0.4 is 4.90 Å². The second-order valence-corrected chi connectivity index (χ2v) is 23.3. The summed E-state index contributed by atoms with van der Waals surface area (Å²) in [6.07, 6.45) is -5.04. The maximum Gasteiger partial charge on any atom is 0.311 e. The Morgan fingerprint density at radius 3 is 2.25 bits per heavy atom. The maximum absolute atomic E-state index is 14.9. The van der Waals surface area contributed by atoms with E-state index in [9.17, 15) is 34.0 Å². The van der Waals surface area contributed by atoms with Gasteiger partial charge in [-0.15, -0.1) is 5.10 Å². The van der Waals surface area contributed by atoms with E-state index in [1.54, 1.807) is 47.9 Å². The number of hydrogen-bond donors (Lipinski definition) is 4.